The van der Waals surface area contributed by atoms with Crippen molar-refractivity contribution < 1.29 is 11.6 Å². The fraction of sp³-hybridized carbons (Fsp3) is 0.113. The van der Waals surface area contributed by atoms with Gasteiger partial charge >= 0.3 is 0 Å². The third-order valence-electron chi connectivity index (χ3n) is 17.6. The van der Waals surface area contributed by atoms with Crippen LogP contribution in [0.1, 0.15) is 59.5 Å². The predicted molar refractivity (Wildman–Crippen MR) is 366 cm³/mol. The minimum Gasteiger partial charge on any atom is -0.457 e. The smallest absolute Gasteiger partial charge is 0.179 e. The highest BCUT2D eigenvalue weighted by molar-refractivity contribution is 7.20. The van der Waals surface area contributed by atoms with Crippen molar-refractivity contribution in [3.05, 3.63) is 290 Å². The van der Waals surface area contributed by atoms with Crippen molar-refractivity contribution in [2.75, 3.05) is 4.90 Å². The Morgan fingerprint density at radius 2 is 1.02 bits per heavy atom. The normalized spacial score (nSPS) is 13.5. The molecule has 0 N–H and O–H groups in total. The predicted octanol–water partition coefficient (Wildman–Crippen LogP) is 18.3. The number of pyridine rings is 1. The molecule has 0 atom stereocenters. The highest BCUT2D eigenvalue weighted by atomic mass is 28.3. The van der Waals surface area contributed by atoms with E-state index in [2.05, 4.69) is 274 Å². The molecule has 0 amide bonds. The maximum atomic E-state index is 9.34. The second-order valence-electron chi connectivity index (χ2n) is 24.8. The van der Waals surface area contributed by atoms with Crippen molar-refractivity contribution in [2.24, 2.45) is 0 Å². The fourth-order valence-corrected chi connectivity index (χ4v) is 18.3. The molecule has 5 nitrogen and oxygen atoms in total. The summed E-state index contributed by atoms with van der Waals surface area (Å²) in [7, 11) is -2.91. The molecule has 0 saturated heterocycles. The van der Waals surface area contributed by atoms with Crippen LogP contribution in [0.3, 0.4) is 0 Å². The van der Waals surface area contributed by atoms with Crippen LogP contribution in [0.5, 0.6) is 11.5 Å². The molecule has 11 aromatic carbocycles. The van der Waals surface area contributed by atoms with E-state index in [1.807, 2.05) is 30.5 Å². The Bertz CT molecular complexity index is 5220. The van der Waals surface area contributed by atoms with Gasteiger partial charge < -0.3 is 14.2 Å². The van der Waals surface area contributed by atoms with Crippen LogP contribution >= 0.6 is 0 Å². The topological polar surface area (TPSA) is 35.2 Å². The lowest BCUT2D eigenvalue weighted by molar-refractivity contribution is 0.483. The van der Waals surface area contributed by atoms with E-state index in [0.29, 0.717) is 23.7 Å². The number of nitrogens with zero attached hydrogens (tertiary/aromatic N) is 4. The van der Waals surface area contributed by atoms with Gasteiger partial charge in [-0.05, 0) is 130 Å². The number of rotatable bonds is 9. The second kappa shape index (κ2) is 20.7. The molecule has 0 radical (unpaired) electrons. The monoisotopic (exact) mass is 1130 g/mol. The van der Waals surface area contributed by atoms with E-state index in [9.17, 15) is 2.74 Å². The average Bonchev–Trinajstić information content (AvgIpc) is 1.62. The number of fused-ring (bicyclic) bond motifs is 10. The van der Waals surface area contributed by atoms with E-state index in [4.69, 9.17) is 13.8 Å². The van der Waals surface area contributed by atoms with Gasteiger partial charge in [0, 0.05) is 45.6 Å². The zero-order chi connectivity index (χ0) is 62.7. The third kappa shape index (κ3) is 8.77. The molecule has 0 aliphatic carbocycles. The van der Waals surface area contributed by atoms with Gasteiger partial charge in [-0.2, -0.15) is 0 Å². The Kier molecular flexibility index (Phi) is 11.4. The standard InChI is InChI=1S/C80H66N4OSi/c1-79(2,3)56-45-46-81-76(49-56)84-73-44-42-63(86(60-29-13-8-14-30-60,61-31-15-9-16-32-61)62-33-17-10-18-34-62)52-70(73)68-43-41-59(51-74(68)84)85-58-28-23-27-57(50-58)82-53-83-77-69(39-24-40-72(77)80(4,5)6)66-37-21-19-35-64(66)65-36-20-22-38-67(65)71-47-55(48-75(82)78(71)83)54-25-11-7-12-26-54/h7-52H,53H2,1-6H3/i7D,11D,12D,25D,26D. The molecule has 416 valence electrons. The van der Waals surface area contributed by atoms with E-state index >= 15 is 0 Å². The van der Waals surface area contributed by atoms with Crippen LogP contribution in [0, 0.1) is 0 Å². The lowest BCUT2D eigenvalue weighted by atomic mass is 9.85. The van der Waals surface area contributed by atoms with Crippen molar-refractivity contribution in [1.82, 2.24) is 14.1 Å². The van der Waals surface area contributed by atoms with Gasteiger partial charge in [0.25, 0.3) is 0 Å². The van der Waals surface area contributed by atoms with Crippen molar-refractivity contribution in [1.29, 1.82) is 0 Å². The minimum atomic E-state index is -2.91. The summed E-state index contributed by atoms with van der Waals surface area (Å²) in [4.78, 5) is 7.39. The molecule has 0 spiro atoms. The summed E-state index contributed by atoms with van der Waals surface area (Å²) >= 11 is 0. The summed E-state index contributed by atoms with van der Waals surface area (Å²) in [5.41, 5.74) is 8.28. The summed E-state index contributed by atoms with van der Waals surface area (Å²) in [5, 5.41) is 13.5. The van der Waals surface area contributed by atoms with Crippen LogP contribution < -0.4 is 30.4 Å². The Hall–Kier alpha value is -10.0. The van der Waals surface area contributed by atoms with Gasteiger partial charge in [-0.15, -0.1) is 0 Å². The van der Waals surface area contributed by atoms with Crippen LogP contribution in [-0.2, 0) is 17.5 Å². The fourth-order valence-electron chi connectivity index (χ4n) is 13.6. The summed E-state index contributed by atoms with van der Waals surface area (Å²) < 4.78 is 56.8. The molecule has 15 rings (SSSR count). The molecule has 4 heterocycles. The van der Waals surface area contributed by atoms with E-state index in [-0.39, 0.29) is 40.6 Å². The minimum absolute atomic E-state index is 0.130. The zero-order valence-electron chi connectivity index (χ0n) is 54.1. The molecule has 0 bridgehead atoms. The molecule has 14 aromatic rings. The molecule has 1 aliphatic rings. The summed E-state index contributed by atoms with van der Waals surface area (Å²) in [6.45, 7) is 13.9. The number of ether oxygens (including phenoxy) is 1. The van der Waals surface area contributed by atoms with Gasteiger partial charge in [0.15, 0.2) is 8.07 Å². The van der Waals surface area contributed by atoms with Crippen LogP contribution in [0.4, 0.5) is 11.4 Å². The van der Waals surface area contributed by atoms with Crippen LogP contribution in [0.25, 0.3) is 82.1 Å². The number of anilines is 2. The first-order valence-corrected chi connectivity index (χ1v) is 31.6. The highest BCUT2D eigenvalue weighted by Crippen LogP contribution is 2.47. The van der Waals surface area contributed by atoms with Gasteiger partial charge in [0.05, 0.1) is 34.6 Å². The lowest BCUT2D eigenvalue weighted by Crippen LogP contribution is -2.74. The maximum absolute atomic E-state index is 9.34. The Morgan fingerprint density at radius 3 is 1.66 bits per heavy atom. The maximum Gasteiger partial charge on any atom is 0.179 e. The molecule has 3 aromatic heterocycles. The molecule has 0 saturated carbocycles. The molecular formula is C80H66N4OSi. The van der Waals surface area contributed by atoms with Crippen molar-refractivity contribution in [3.63, 3.8) is 0 Å². The van der Waals surface area contributed by atoms with Gasteiger partial charge in [-0.25, -0.2) is 4.98 Å². The number of hydrogen-bond donors (Lipinski definition) is 0. The number of para-hydroxylation sites is 1. The Morgan fingerprint density at radius 1 is 0.430 bits per heavy atom. The van der Waals surface area contributed by atoms with Crippen molar-refractivity contribution in [2.45, 2.75) is 59.0 Å². The van der Waals surface area contributed by atoms with Gasteiger partial charge in [0.1, 0.15) is 24.0 Å². The quantitative estimate of drug-likeness (QED) is 0.107. The zero-order valence-corrected chi connectivity index (χ0v) is 50.1. The Labute approximate surface area is 511 Å². The molecule has 0 unspecified atom stereocenters. The van der Waals surface area contributed by atoms with Crippen molar-refractivity contribution >= 4 is 105 Å². The first-order chi connectivity index (χ1) is 44.0. The lowest BCUT2D eigenvalue weighted by Gasteiger charge is -2.34. The van der Waals surface area contributed by atoms with E-state index in [1.165, 1.54) is 31.9 Å². The summed E-state index contributed by atoms with van der Waals surface area (Å²) in [6, 6.07) is 85.2. The molecule has 6 heteroatoms. The Balaban J connectivity index is 0.940. The largest absolute Gasteiger partial charge is 0.457 e. The van der Waals surface area contributed by atoms with E-state index in [1.54, 1.807) is 0 Å². The van der Waals surface area contributed by atoms with Crippen LogP contribution in [-0.4, -0.2) is 22.2 Å². The highest BCUT2D eigenvalue weighted by Gasteiger charge is 2.42. The second-order valence-corrected chi connectivity index (χ2v) is 28.6. The van der Waals surface area contributed by atoms with E-state index < -0.39 is 14.1 Å². The summed E-state index contributed by atoms with van der Waals surface area (Å²) in [5.74, 6) is 2.09. The number of benzene rings is 11. The molecule has 0 fully saturated rings. The van der Waals surface area contributed by atoms with Gasteiger partial charge in [-0.3, -0.25) is 4.57 Å². The van der Waals surface area contributed by atoms with Crippen LogP contribution in [0.15, 0.2) is 279 Å². The van der Waals surface area contributed by atoms with Crippen LogP contribution in [0.2, 0.25) is 0 Å². The number of hydrogen-bond acceptors (Lipinski definition) is 3. The van der Waals surface area contributed by atoms with Gasteiger partial charge in [0.2, 0.25) is 0 Å². The SMILES string of the molecule is [2H]c1c([2H])c([2H])c(-c2cc3c4c(c2)c2ccccc2c2ccccc2c2cccc(C(C)(C)C)c2n4CN3c2cccc(Oc3ccc4c5cc([Si](c6ccccc6)(c6ccccc6)c6ccccc6)ccc5n(-c5cc(C(C)(C)C)ccn5)c4c3)c2)c([2H])c1[2H]. The first kappa shape index (κ1) is 47.4. The average molecular weight is 1130 g/mol. The van der Waals surface area contributed by atoms with Gasteiger partial charge in [-0.1, -0.05) is 248 Å². The van der Waals surface area contributed by atoms with Crippen molar-refractivity contribution in [3.8, 4) is 28.4 Å². The van der Waals surface area contributed by atoms with E-state index in [0.717, 1.165) is 82.3 Å². The third-order valence-corrected chi connectivity index (χ3v) is 22.3. The molecule has 1 aliphatic heterocycles. The molecule has 86 heavy (non-hydrogen) atoms. The molecular weight excluding hydrogens is 1060 g/mol. The first-order valence-electron chi connectivity index (χ1n) is 32.1. The summed E-state index contributed by atoms with van der Waals surface area (Å²) in [6.07, 6.45) is 1.92. The number of aromatic nitrogens is 3.